The Balaban J connectivity index is 2.69. The minimum Gasteiger partial charge on any atom is -0.496 e. The maximum absolute atomic E-state index is 12.0. The van der Waals surface area contributed by atoms with Gasteiger partial charge in [0.1, 0.15) is 11.3 Å². The van der Waals surface area contributed by atoms with Crippen LogP contribution in [-0.2, 0) is 4.74 Å². The summed E-state index contributed by atoms with van der Waals surface area (Å²) in [5.74, 6) is 0.800. The van der Waals surface area contributed by atoms with Gasteiger partial charge in [0.15, 0.2) is 0 Å². The lowest BCUT2D eigenvalue weighted by Crippen LogP contribution is -2.06. The summed E-state index contributed by atoms with van der Waals surface area (Å²) in [7, 11) is 1.62. The second kappa shape index (κ2) is 5.57. The maximum Gasteiger partial charge on any atom is 0.374 e. The number of benzene rings is 1. The smallest absolute Gasteiger partial charge is 0.374 e. The number of hydrogen-bond donors (Lipinski definition) is 0. The Kier molecular flexibility index (Phi) is 4.02. The molecular formula is C16H20O4. The van der Waals surface area contributed by atoms with Crippen LogP contribution >= 0.6 is 0 Å². The van der Waals surface area contributed by atoms with Crippen LogP contribution in [0.2, 0.25) is 0 Å². The second-order valence-electron chi connectivity index (χ2n) is 5.04. The first-order chi connectivity index (χ1) is 9.49. The van der Waals surface area contributed by atoms with Crippen LogP contribution < -0.4 is 4.74 Å². The van der Waals surface area contributed by atoms with Crippen molar-refractivity contribution in [2.24, 2.45) is 0 Å². The molecule has 108 valence electrons. The van der Waals surface area contributed by atoms with Crippen molar-refractivity contribution in [1.29, 1.82) is 0 Å². The Hall–Kier alpha value is -1.97. The van der Waals surface area contributed by atoms with Gasteiger partial charge in [0.05, 0.1) is 13.7 Å². The number of rotatable bonds is 4. The van der Waals surface area contributed by atoms with Gasteiger partial charge in [0.25, 0.3) is 0 Å². The fraction of sp³-hybridized carbons (Fsp3) is 0.438. The highest BCUT2D eigenvalue weighted by atomic mass is 16.5. The van der Waals surface area contributed by atoms with E-state index in [4.69, 9.17) is 13.9 Å². The zero-order valence-corrected chi connectivity index (χ0v) is 12.6. The van der Waals surface area contributed by atoms with Gasteiger partial charge in [-0.1, -0.05) is 13.8 Å². The molecule has 4 nitrogen and oxygen atoms in total. The Morgan fingerprint density at radius 3 is 2.60 bits per heavy atom. The van der Waals surface area contributed by atoms with Crippen molar-refractivity contribution in [2.75, 3.05) is 13.7 Å². The molecule has 0 aliphatic rings. The largest absolute Gasteiger partial charge is 0.496 e. The van der Waals surface area contributed by atoms with Crippen molar-refractivity contribution in [3.8, 4) is 5.75 Å². The van der Waals surface area contributed by atoms with Crippen molar-refractivity contribution >= 4 is 16.9 Å². The van der Waals surface area contributed by atoms with E-state index in [9.17, 15) is 4.79 Å². The van der Waals surface area contributed by atoms with E-state index in [2.05, 4.69) is 0 Å². The Labute approximate surface area is 118 Å². The summed E-state index contributed by atoms with van der Waals surface area (Å²) in [5.41, 5.74) is 2.56. The van der Waals surface area contributed by atoms with Crippen LogP contribution in [0.15, 0.2) is 16.5 Å². The number of carbonyl (C=O) groups is 1. The van der Waals surface area contributed by atoms with Crippen molar-refractivity contribution in [1.82, 2.24) is 0 Å². The van der Waals surface area contributed by atoms with E-state index >= 15 is 0 Å². The standard InChI is InChI=1S/C16H20O4/c1-6-19-16(17)15-14(9(2)3)11-7-10(4)12(18-5)8-13(11)20-15/h7-9H,6H2,1-5H3. The average Bonchev–Trinajstić information content (AvgIpc) is 2.76. The number of aryl methyl sites for hydroxylation is 1. The van der Waals surface area contributed by atoms with Crippen LogP contribution in [0.25, 0.3) is 11.0 Å². The number of esters is 1. The molecule has 0 amide bonds. The quantitative estimate of drug-likeness (QED) is 0.790. The van der Waals surface area contributed by atoms with Crippen molar-refractivity contribution in [2.45, 2.75) is 33.6 Å². The maximum atomic E-state index is 12.0. The highest BCUT2D eigenvalue weighted by Gasteiger charge is 2.24. The van der Waals surface area contributed by atoms with Crippen LogP contribution in [0, 0.1) is 6.92 Å². The van der Waals surface area contributed by atoms with Gasteiger partial charge in [-0.3, -0.25) is 0 Å². The summed E-state index contributed by atoms with van der Waals surface area (Å²) in [5, 5.41) is 0.946. The molecule has 0 aliphatic heterocycles. The third-order valence-electron chi connectivity index (χ3n) is 3.28. The zero-order chi connectivity index (χ0) is 14.9. The molecule has 2 aromatic rings. The second-order valence-corrected chi connectivity index (χ2v) is 5.04. The molecule has 0 saturated heterocycles. The molecule has 1 aromatic heterocycles. The van der Waals surface area contributed by atoms with Gasteiger partial charge in [-0.15, -0.1) is 0 Å². The Morgan fingerprint density at radius 1 is 1.35 bits per heavy atom. The fourth-order valence-corrected chi connectivity index (χ4v) is 2.39. The van der Waals surface area contributed by atoms with Gasteiger partial charge in [0.2, 0.25) is 5.76 Å². The van der Waals surface area contributed by atoms with E-state index < -0.39 is 5.97 Å². The minimum atomic E-state index is -0.413. The van der Waals surface area contributed by atoms with Gasteiger partial charge in [-0.05, 0) is 31.4 Å². The van der Waals surface area contributed by atoms with Gasteiger partial charge >= 0.3 is 5.97 Å². The topological polar surface area (TPSA) is 48.7 Å². The van der Waals surface area contributed by atoms with E-state index in [-0.39, 0.29) is 5.92 Å². The molecule has 0 saturated carbocycles. The zero-order valence-electron chi connectivity index (χ0n) is 12.6. The molecule has 0 fully saturated rings. The highest BCUT2D eigenvalue weighted by molar-refractivity contribution is 5.97. The number of fused-ring (bicyclic) bond motifs is 1. The molecule has 2 rings (SSSR count). The predicted molar refractivity (Wildman–Crippen MR) is 77.5 cm³/mol. The third-order valence-corrected chi connectivity index (χ3v) is 3.28. The molecule has 0 unspecified atom stereocenters. The fourth-order valence-electron chi connectivity index (χ4n) is 2.39. The molecule has 0 N–H and O–H groups in total. The molecule has 0 atom stereocenters. The molecule has 0 radical (unpaired) electrons. The lowest BCUT2D eigenvalue weighted by Gasteiger charge is -2.07. The lowest BCUT2D eigenvalue weighted by atomic mass is 9.98. The van der Waals surface area contributed by atoms with Gasteiger partial charge < -0.3 is 13.9 Å². The first-order valence-corrected chi connectivity index (χ1v) is 6.77. The summed E-state index contributed by atoms with van der Waals surface area (Å²) in [4.78, 5) is 12.0. The molecule has 0 spiro atoms. The first kappa shape index (κ1) is 14.4. The average molecular weight is 276 g/mol. The summed E-state index contributed by atoms with van der Waals surface area (Å²) in [6.07, 6.45) is 0. The molecular weight excluding hydrogens is 256 g/mol. The van der Waals surface area contributed by atoms with Crippen molar-refractivity contribution in [3.63, 3.8) is 0 Å². The van der Waals surface area contributed by atoms with E-state index in [0.717, 1.165) is 22.3 Å². The van der Waals surface area contributed by atoms with Crippen LogP contribution in [0.5, 0.6) is 5.75 Å². The first-order valence-electron chi connectivity index (χ1n) is 6.77. The van der Waals surface area contributed by atoms with Crippen molar-refractivity contribution in [3.05, 3.63) is 29.0 Å². The predicted octanol–water partition coefficient (Wildman–Crippen LogP) is 4.05. The number of methoxy groups -OCH3 is 1. The Bertz CT molecular complexity index is 637. The monoisotopic (exact) mass is 276 g/mol. The summed E-state index contributed by atoms with van der Waals surface area (Å²) in [6, 6.07) is 3.81. The van der Waals surface area contributed by atoms with Crippen LogP contribution in [0.3, 0.4) is 0 Å². The Morgan fingerprint density at radius 2 is 2.05 bits per heavy atom. The molecule has 0 aliphatic carbocycles. The number of ether oxygens (including phenoxy) is 2. The molecule has 20 heavy (non-hydrogen) atoms. The van der Waals surface area contributed by atoms with Crippen LogP contribution in [0.4, 0.5) is 0 Å². The van der Waals surface area contributed by atoms with Gasteiger partial charge in [-0.2, -0.15) is 0 Å². The SMILES string of the molecule is CCOC(=O)c1oc2cc(OC)c(C)cc2c1C(C)C. The summed E-state index contributed by atoms with van der Waals surface area (Å²) in [6.45, 7) is 8.15. The van der Waals surface area contributed by atoms with E-state index in [1.54, 1.807) is 14.0 Å². The van der Waals surface area contributed by atoms with Crippen LogP contribution in [0.1, 0.15) is 48.4 Å². The van der Waals surface area contributed by atoms with Gasteiger partial charge in [0, 0.05) is 17.0 Å². The molecule has 0 bridgehead atoms. The lowest BCUT2D eigenvalue weighted by molar-refractivity contribution is 0.0490. The van der Waals surface area contributed by atoms with E-state index in [0.29, 0.717) is 18.0 Å². The molecule has 1 heterocycles. The molecule has 1 aromatic carbocycles. The highest BCUT2D eigenvalue weighted by Crippen LogP contribution is 2.35. The third kappa shape index (κ3) is 2.38. The number of furan rings is 1. The van der Waals surface area contributed by atoms with E-state index in [1.807, 2.05) is 32.9 Å². The van der Waals surface area contributed by atoms with Crippen LogP contribution in [-0.4, -0.2) is 19.7 Å². The van der Waals surface area contributed by atoms with E-state index in [1.165, 1.54) is 0 Å². The normalized spacial score (nSPS) is 11.1. The summed E-state index contributed by atoms with van der Waals surface area (Å²) < 4.78 is 16.1. The number of carbonyl (C=O) groups excluding carboxylic acids is 1. The van der Waals surface area contributed by atoms with Gasteiger partial charge in [-0.25, -0.2) is 4.79 Å². The number of hydrogen-bond acceptors (Lipinski definition) is 4. The van der Waals surface area contributed by atoms with Crippen molar-refractivity contribution < 1.29 is 18.7 Å². The minimum absolute atomic E-state index is 0.170. The summed E-state index contributed by atoms with van der Waals surface area (Å²) >= 11 is 0. The molecule has 4 heteroatoms.